The van der Waals surface area contributed by atoms with Gasteiger partial charge in [0.2, 0.25) is 0 Å². The average molecular weight is 347 g/mol. The van der Waals surface area contributed by atoms with Gasteiger partial charge in [-0.25, -0.2) is 4.98 Å². The molecule has 1 fully saturated rings. The van der Waals surface area contributed by atoms with Crippen molar-refractivity contribution in [1.29, 1.82) is 0 Å². The van der Waals surface area contributed by atoms with Crippen molar-refractivity contribution in [2.24, 2.45) is 0 Å². The molecular weight excluding hydrogens is 322 g/mol. The lowest BCUT2D eigenvalue weighted by atomic mass is 10.1. The van der Waals surface area contributed by atoms with Crippen LogP contribution in [0.25, 0.3) is 10.9 Å². The van der Waals surface area contributed by atoms with Crippen molar-refractivity contribution in [1.82, 2.24) is 14.9 Å². The number of benzene rings is 1. The van der Waals surface area contributed by atoms with Gasteiger partial charge >= 0.3 is 0 Å². The van der Waals surface area contributed by atoms with Gasteiger partial charge in [-0.15, -0.1) is 0 Å². The Balaban J connectivity index is 1.59. The van der Waals surface area contributed by atoms with E-state index in [0.717, 1.165) is 61.6 Å². The molecule has 0 amide bonds. The first-order chi connectivity index (χ1) is 11.7. The molecule has 130 valence electrons. The quantitative estimate of drug-likeness (QED) is 0.839. The monoisotopic (exact) mass is 347 g/mol. The molecule has 5 nitrogen and oxygen atoms in total. The molecule has 0 radical (unpaired) electrons. The van der Waals surface area contributed by atoms with Crippen molar-refractivity contribution in [2.45, 2.75) is 37.2 Å². The molecule has 24 heavy (non-hydrogen) atoms. The zero-order valence-electron chi connectivity index (χ0n) is 14.1. The maximum atomic E-state index is 12.2. The number of piperidine rings is 1. The van der Waals surface area contributed by atoms with E-state index in [1.54, 1.807) is 0 Å². The van der Waals surface area contributed by atoms with Crippen LogP contribution in [0.1, 0.15) is 30.7 Å². The van der Waals surface area contributed by atoms with Crippen molar-refractivity contribution in [3.05, 3.63) is 39.9 Å². The molecule has 0 aliphatic carbocycles. The Hall–Kier alpha value is -1.37. The van der Waals surface area contributed by atoms with Crippen LogP contribution in [0.5, 0.6) is 0 Å². The first-order valence-corrected chi connectivity index (χ1v) is 9.65. The molecule has 1 aromatic carbocycles. The van der Waals surface area contributed by atoms with Crippen LogP contribution in [0.4, 0.5) is 0 Å². The lowest BCUT2D eigenvalue weighted by molar-refractivity contribution is 0.201. The van der Waals surface area contributed by atoms with Crippen LogP contribution in [0, 0.1) is 6.92 Å². The number of para-hydroxylation sites is 1. The Kier molecular flexibility index (Phi) is 5.92. The molecule has 0 saturated carbocycles. The number of aliphatic hydroxyl groups is 1. The number of nitrogens with one attached hydrogen (secondary N) is 1. The largest absolute Gasteiger partial charge is 0.396 e. The lowest BCUT2D eigenvalue weighted by Gasteiger charge is -2.31. The summed E-state index contributed by atoms with van der Waals surface area (Å²) in [6, 6.07) is 5.72. The number of aryl methyl sites for hydroxylation is 1. The van der Waals surface area contributed by atoms with Crippen LogP contribution in [-0.2, 0) is 5.75 Å². The van der Waals surface area contributed by atoms with Crippen molar-refractivity contribution < 1.29 is 5.11 Å². The van der Waals surface area contributed by atoms with E-state index in [0.29, 0.717) is 10.6 Å². The molecular formula is C18H25N3O2S. The minimum atomic E-state index is -0.0434. The topological polar surface area (TPSA) is 69.2 Å². The van der Waals surface area contributed by atoms with E-state index in [4.69, 9.17) is 5.11 Å². The summed E-state index contributed by atoms with van der Waals surface area (Å²) in [7, 11) is 0. The summed E-state index contributed by atoms with van der Waals surface area (Å²) in [6.07, 6.45) is 3.18. The maximum absolute atomic E-state index is 12.2. The number of nitrogens with zero attached hydrogens (tertiary/aromatic N) is 2. The maximum Gasteiger partial charge on any atom is 0.258 e. The van der Waals surface area contributed by atoms with Gasteiger partial charge in [-0.1, -0.05) is 12.1 Å². The van der Waals surface area contributed by atoms with E-state index in [-0.39, 0.29) is 12.2 Å². The first kappa shape index (κ1) is 17.5. The van der Waals surface area contributed by atoms with Gasteiger partial charge in [0, 0.05) is 18.4 Å². The number of fused-ring (bicyclic) bond motifs is 1. The minimum absolute atomic E-state index is 0.0434. The lowest BCUT2D eigenvalue weighted by Crippen LogP contribution is -2.35. The fourth-order valence-electron chi connectivity index (χ4n) is 3.21. The fraction of sp³-hybridized carbons (Fsp3) is 0.556. The summed E-state index contributed by atoms with van der Waals surface area (Å²) >= 11 is 1.89. The molecule has 2 heterocycles. The molecule has 0 atom stereocenters. The number of aliphatic hydroxyl groups excluding tert-OH is 1. The van der Waals surface area contributed by atoms with Gasteiger partial charge in [0.15, 0.2) is 0 Å². The average Bonchev–Trinajstić information content (AvgIpc) is 2.60. The summed E-state index contributed by atoms with van der Waals surface area (Å²) in [4.78, 5) is 22.2. The Labute approximate surface area is 146 Å². The van der Waals surface area contributed by atoms with Gasteiger partial charge in [-0.05, 0) is 50.9 Å². The molecule has 6 heteroatoms. The van der Waals surface area contributed by atoms with Crippen LogP contribution >= 0.6 is 11.8 Å². The van der Waals surface area contributed by atoms with Crippen molar-refractivity contribution in [3.63, 3.8) is 0 Å². The molecule has 1 saturated heterocycles. The highest BCUT2D eigenvalue weighted by molar-refractivity contribution is 7.99. The van der Waals surface area contributed by atoms with E-state index in [1.807, 2.05) is 36.9 Å². The normalized spacial score (nSPS) is 16.8. The highest BCUT2D eigenvalue weighted by atomic mass is 32.2. The second-order valence-electron chi connectivity index (χ2n) is 6.41. The number of thioether (sulfide) groups is 1. The second kappa shape index (κ2) is 8.14. The van der Waals surface area contributed by atoms with Gasteiger partial charge < -0.3 is 15.0 Å². The van der Waals surface area contributed by atoms with Gasteiger partial charge in [0.25, 0.3) is 5.56 Å². The number of hydrogen-bond donors (Lipinski definition) is 2. The molecule has 2 N–H and O–H groups in total. The summed E-state index contributed by atoms with van der Waals surface area (Å²) < 4.78 is 0. The van der Waals surface area contributed by atoms with Gasteiger partial charge in [-0.2, -0.15) is 11.8 Å². The predicted octanol–water partition coefficient (Wildman–Crippen LogP) is 2.31. The molecule has 1 aromatic heterocycles. The minimum Gasteiger partial charge on any atom is -0.396 e. The van der Waals surface area contributed by atoms with Crippen molar-refractivity contribution >= 4 is 22.7 Å². The third kappa shape index (κ3) is 4.18. The molecule has 0 unspecified atom stereocenters. The van der Waals surface area contributed by atoms with Crippen LogP contribution in [-0.4, -0.2) is 51.5 Å². The van der Waals surface area contributed by atoms with Gasteiger partial charge in [0.05, 0.1) is 16.7 Å². The number of likely N-dealkylation sites (tertiary alicyclic amines) is 1. The third-order valence-electron chi connectivity index (χ3n) is 4.61. The number of rotatable bonds is 6. The zero-order valence-corrected chi connectivity index (χ0v) is 14.9. The summed E-state index contributed by atoms with van der Waals surface area (Å²) in [5.41, 5.74) is 1.82. The van der Waals surface area contributed by atoms with E-state index in [1.165, 1.54) is 0 Å². The first-order valence-electron chi connectivity index (χ1n) is 8.60. The standard InChI is InChI=1S/C18H25N3O2S/c1-13-4-2-5-15-17(13)19-16(20-18(15)23)12-24-14-6-9-21(10-7-14)8-3-11-22/h2,4-5,14,22H,3,6-12H2,1H3,(H,19,20,23). The van der Waals surface area contributed by atoms with Crippen LogP contribution < -0.4 is 5.56 Å². The number of aromatic amines is 1. The highest BCUT2D eigenvalue weighted by Gasteiger charge is 2.19. The van der Waals surface area contributed by atoms with Gasteiger partial charge in [0.1, 0.15) is 5.82 Å². The number of aromatic nitrogens is 2. The zero-order chi connectivity index (χ0) is 16.9. The highest BCUT2D eigenvalue weighted by Crippen LogP contribution is 2.26. The van der Waals surface area contributed by atoms with Crippen LogP contribution in [0.3, 0.4) is 0 Å². The van der Waals surface area contributed by atoms with Crippen LogP contribution in [0.15, 0.2) is 23.0 Å². The second-order valence-corrected chi connectivity index (χ2v) is 7.70. The number of hydrogen-bond acceptors (Lipinski definition) is 5. The number of H-pyrrole nitrogens is 1. The van der Waals surface area contributed by atoms with Gasteiger partial charge in [-0.3, -0.25) is 4.79 Å². The molecule has 2 aromatic rings. The Bertz CT molecular complexity index is 739. The molecule has 0 bridgehead atoms. The Morgan fingerprint density at radius 1 is 1.38 bits per heavy atom. The summed E-state index contributed by atoms with van der Waals surface area (Å²) in [5, 5.41) is 10.2. The summed E-state index contributed by atoms with van der Waals surface area (Å²) in [6.45, 7) is 5.45. The fourth-order valence-corrected chi connectivity index (χ4v) is 4.29. The smallest absolute Gasteiger partial charge is 0.258 e. The third-order valence-corrected chi connectivity index (χ3v) is 5.99. The van der Waals surface area contributed by atoms with Crippen molar-refractivity contribution in [2.75, 3.05) is 26.2 Å². The van der Waals surface area contributed by atoms with E-state index in [9.17, 15) is 4.79 Å². The molecule has 1 aliphatic rings. The van der Waals surface area contributed by atoms with Crippen molar-refractivity contribution in [3.8, 4) is 0 Å². The molecule has 0 spiro atoms. The van der Waals surface area contributed by atoms with E-state index < -0.39 is 0 Å². The predicted molar refractivity (Wildman–Crippen MR) is 99.6 cm³/mol. The summed E-state index contributed by atoms with van der Waals surface area (Å²) in [5.74, 6) is 1.52. The van der Waals surface area contributed by atoms with E-state index in [2.05, 4.69) is 14.9 Å². The molecule has 3 rings (SSSR count). The SMILES string of the molecule is Cc1cccc2c(=O)[nH]c(CSC3CCN(CCCO)CC3)nc12. The Morgan fingerprint density at radius 2 is 2.17 bits per heavy atom. The van der Waals surface area contributed by atoms with Crippen LogP contribution in [0.2, 0.25) is 0 Å². The molecule has 1 aliphatic heterocycles. The van der Waals surface area contributed by atoms with E-state index >= 15 is 0 Å². The Morgan fingerprint density at radius 3 is 2.92 bits per heavy atom.